The maximum Gasteiger partial charge on any atom is 0.272 e. The van der Waals surface area contributed by atoms with Crippen molar-refractivity contribution in [1.29, 1.82) is 0 Å². The van der Waals surface area contributed by atoms with Gasteiger partial charge in [0.05, 0.1) is 11.5 Å². The van der Waals surface area contributed by atoms with Gasteiger partial charge in [-0.3, -0.25) is 4.79 Å². The van der Waals surface area contributed by atoms with Crippen molar-refractivity contribution in [2.45, 2.75) is 25.3 Å². The van der Waals surface area contributed by atoms with Crippen molar-refractivity contribution in [3.05, 3.63) is 18.1 Å². The molecule has 0 saturated carbocycles. The summed E-state index contributed by atoms with van der Waals surface area (Å²) in [5, 5.41) is 0. The van der Waals surface area contributed by atoms with Crippen LogP contribution in [0.4, 0.5) is 5.82 Å². The molecule has 0 aromatic carbocycles. The van der Waals surface area contributed by atoms with Gasteiger partial charge >= 0.3 is 0 Å². The summed E-state index contributed by atoms with van der Waals surface area (Å²) in [6.45, 7) is 1.55. The summed E-state index contributed by atoms with van der Waals surface area (Å²) in [5.74, 6) is 0.878. The summed E-state index contributed by atoms with van der Waals surface area (Å²) in [6, 6.07) is 1.57. The van der Waals surface area contributed by atoms with Gasteiger partial charge < -0.3 is 9.80 Å². The molecule has 2 fully saturated rings. The Labute approximate surface area is 130 Å². The van der Waals surface area contributed by atoms with Crippen LogP contribution in [0.15, 0.2) is 12.4 Å². The zero-order valence-electron chi connectivity index (χ0n) is 12.6. The molecule has 0 aliphatic carbocycles. The number of amides is 1. The van der Waals surface area contributed by atoms with Crippen LogP contribution in [0, 0.1) is 0 Å². The van der Waals surface area contributed by atoms with Gasteiger partial charge in [-0.1, -0.05) is 0 Å². The third-order valence-electron chi connectivity index (χ3n) is 4.38. The summed E-state index contributed by atoms with van der Waals surface area (Å²) in [6.07, 6.45) is 4.03. The first-order valence-corrected chi connectivity index (χ1v) is 9.33. The molecule has 3 rings (SSSR count). The Balaban J connectivity index is 1.77. The third kappa shape index (κ3) is 3.06. The normalized spacial score (nSPS) is 23.7. The molecule has 2 saturated heterocycles. The van der Waals surface area contributed by atoms with E-state index in [1.807, 2.05) is 11.9 Å². The Morgan fingerprint density at radius 2 is 2.05 bits per heavy atom. The Morgan fingerprint density at radius 3 is 2.68 bits per heavy atom. The number of anilines is 1. The molecule has 1 amide bonds. The van der Waals surface area contributed by atoms with Crippen molar-refractivity contribution >= 4 is 21.6 Å². The van der Waals surface area contributed by atoms with Gasteiger partial charge in [0.25, 0.3) is 5.91 Å². The van der Waals surface area contributed by atoms with Crippen molar-refractivity contribution < 1.29 is 13.2 Å². The zero-order chi connectivity index (χ0) is 15.7. The molecule has 1 atom stereocenters. The van der Waals surface area contributed by atoms with E-state index in [1.54, 1.807) is 11.0 Å². The minimum Gasteiger partial charge on any atom is -0.356 e. The van der Waals surface area contributed by atoms with Crippen molar-refractivity contribution in [1.82, 2.24) is 14.9 Å². The quantitative estimate of drug-likeness (QED) is 0.797. The number of sulfone groups is 1. The Morgan fingerprint density at radius 1 is 1.32 bits per heavy atom. The van der Waals surface area contributed by atoms with E-state index in [0.29, 0.717) is 17.9 Å². The lowest BCUT2D eigenvalue weighted by Gasteiger charge is -2.24. The summed E-state index contributed by atoms with van der Waals surface area (Å²) < 4.78 is 23.2. The first-order valence-electron chi connectivity index (χ1n) is 7.51. The zero-order valence-corrected chi connectivity index (χ0v) is 13.4. The molecular weight excluding hydrogens is 304 g/mol. The second-order valence-corrected chi connectivity index (χ2v) is 8.16. The Hall–Kier alpha value is -1.70. The lowest BCUT2D eigenvalue weighted by molar-refractivity contribution is 0.0787. The minimum absolute atomic E-state index is 0.0754. The van der Waals surface area contributed by atoms with Crippen LogP contribution in [0.3, 0.4) is 0 Å². The average Bonchev–Trinajstić information content (AvgIpc) is 3.15. The van der Waals surface area contributed by atoms with E-state index >= 15 is 0 Å². The molecule has 22 heavy (non-hydrogen) atoms. The fourth-order valence-corrected chi connectivity index (χ4v) is 4.78. The van der Waals surface area contributed by atoms with Crippen molar-refractivity contribution in [2.75, 3.05) is 36.5 Å². The minimum atomic E-state index is -2.95. The molecule has 0 spiro atoms. The highest BCUT2D eigenvalue weighted by Crippen LogP contribution is 2.22. The number of hydrogen-bond acceptors (Lipinski definition) is 6. The fourth-order valence-electron chi connectivity index (χ4n) is 3.01. The molecule has 0 N–H and O–H groups in total. The summed E-state index contributed by atoms with van der Waals surface area (Å²) in [7, 11) is -1.13. The van der Waals surface area contributed by atoms with Crippen LogP contribution in [-0.4, -0.2) is 66.9 Å². The molecule has 120 valence electrons. The highest BCUT2D eigenvalue weighted by molar-refractivity contribution is 7.91. The van der Waals surface area contributed by atoms with Gasteiger partial charge in [0.15, 0.2) is 9.84 Å². The van der Waals surface area contributed by atoms with Crippen LogP contribution >= 0.6 is 0 Å². The molecule has 0 bridgehead atoms. The van der Waals surface area contributed by atoms with Gasteiger partial charge in [-0.25, -0.2) is 18.4 Å². The average molecular weight is 324 g/mol. The smallest absolute Gasteiger partial charge is 0.272 e. The molecule has 1 unspecified atom stereocenters. The number of nitrogens with zero attached hydrogens (tertiary/aromatic N) is 4. The highest BCUT2D eigenvalue weighted by Gasteiger charge is 2.31. The van der Waals surface area contributed by atoms with E-state index in [1.165, 1.54) is 6.33 Å². The first kappa shape index (κ1) is 15.2. The van der Waals surface area contributed by atoms with E-state index in [9.17, 15) is 13.2 Å². The number of aromatic nitrogens is 2. The molecule has 1 aromatic heterocycles. The molecular formula is C14H20N4O3S. The van der Waals surface area contributed by atoms with Gasteiger partial charge in [0, 0.05) is 32.2 Å². The van der Waals surface area contributed by atoms with Crippen LogP contribution in [0.2, 0.25) is 0 Å². The summed E-state index contributed by atoms with van der Waals surface area (Å²) >= 11 is 0. The number of likely N-dealkylation sites (tertiary alicyclic amines) is 1. The lowest BCUT2D eigenvalue weighted by Crippen LogP contribution is -2.34. The van der Waals surface area contributed by atoms with E-state index in [-0.39, 0.29) is 23.5 Å². The molecule has 7 nitrogen and oxygen atoms in total. The van der Waals surface area contributed by atoms with Crippen molar-refractivity contribution in [3.8, 4) is 0 Å². The van der Waals surface area contributed by atoms with Crippen molar-refractivity contribution in [3.63, 3.8) is 0 Å². The Bertz CT molecular complexity index is 670. The highest BCUT2D eigenvalue weighted by atomic mass is 32.2. The van der Waals surface area contributed by atoms with Gasteiger partial charge in [-0.2, -0.15) is 0 Å². The lowest BCUT2D eigenvalue weighted by atomic mass is 10.2. The van der Waals surface area contributed by atoms with E-state index in [4.69, 9.17) is 0 Å². The molecule has 1 aromatic rings. The number of hydrogen-bond donors (Lipinski definition) is 0. The molecule has 0 radical (unpaired) electrons. The third-order valence-corrected chi connectivity index (χ3v) is 6.13. The molecule has 2 aliphatic heterocycles. The molecule has 8 heteroatoms. The van der Waals surface area contributed by atoms with E-state index in [0.717, 1.165) is 25.9 Å². The predicted molar refractivity (Wildman–Crippen MR) is 82.6 cm³/mol. The van der Waals surface area contributed by atoms with Crippen LogP contribution < -0.4 is 4.90 Å². The SMILES string of the molecule is CN(c1cc(C(=O)N2CCCC2)ncn1)C1CCS(=O)(=O)C1. The second-order valence-electron chi connectivity index (χ2n) is 5.93. The number of carbonyl (C=O) groups is 1. The number of carbonyl (C=O) groups excluding carboxylic acids is 1. The molecule has 2 aliphatic rings. The summed E-state index contributed by atoms with van der Waals surface area (Å²) in [5.41, 5.74) is 0.375. The maximum absolute atomic E-state index is 12.4. The van der Waals surface area contributed by atoms with Gasteiger partial charge in [0.2, 0.25) is 0 Å². The second kappa shape index (κ2) is 5.83. The standard InChI is InChI=1S/C14H20N4O3S/c1-17(11-4-7-22(20,21)9-11)13-8-12(15-10-16-13)14(19)18-5-2-3-6-18/h8,10-11H,2-7,9H2,1H3. The van der Waals surface area contributed by atoms with Crippen LogP contribution in [-0.2, 0) is 9.84 Å². The number of rotatable bonds is 3. The monoisotopic (exact) mass is 324 g/mol. The Kier molecular flexibility index (Phi) is 4.03. The van der Waals surface area contributed by atoms with Gasteiger partial charge in [-0.15, -0.1) is 0 Å². The van der Waals surface area contributed by atoms with E-state index < -0.39 is 9.84 Å². The molecule has 3 heterocycles. The predicted octanol–water partition coefficient (Wildman–Crippen LogP) is 0.336. The summed E-state index contributed by atoms with van der Waals surface area (Å²) in [4.78, 5) is 24.3. The van der Waals surface area contributed by atoms with Crippen molar-refractivity contribution in [2.24, 2.45) is 0 Å². The van der Waals surface area contributed by atoms with E-state index in [2.05, 4.69) is 9.97 Å². The van der Waals surface area contributed by atoms with Crippen LogP contribution in [0.25, 0.3) is 0 Å². The first-order chi connectivity index (χ1) is 10.5. The largest absolute Gasteiger partial charge is 0.356 e. The van der Waals surface area contributed by atoms with Gasteiger partial charge in [0.1, 0.15) is 17.8 Å². The topological polar surface area (TPSA) is 83.5 Å². The van der Waals surface area contributed by atoms with Gasteiger partial charge in [-0.05, 0) is 19.3 Å². The fraction of sp³-hybridized carbons (Fsp3) is 0.643. The maximum atomic E-state index is 12.4. The van der Waals surface area contributed by atoms with Crippen LogP contribution in [0.1, 0.15) is 29.8 Å². The van der Waals surface area contributed by atoms with Crippen LogP contribution in [0.5, 0.6) is 0 Å².